The standard InChI is InChI=1S/C13H15F3N2S/c1-8-3-4-10(7-11(8)13(14,15)16)18-12-17-9(2)5-6-19-12/h3-4,7,9H,5-6H2,1-2H3,(H,17,18). The van der Waals surface area contributed by atoms with Gasteiger partial charge in [-0.25, -0.2) is 0 Å². The molecule has 0 bridgehead atoms. The Morgan fingerprint density at radius 3 is 2.74 bits per heavy atom. The Bertz CT molecular complexity index is 497. The van der Waals surface area contributed by atoms with Crippen LogP contribution in [0.1, 0.15) is 24.5 Å². The van der Waals surface area contributed by atoms with Crippen molar-refractivity contribution in [3.05, 3.63) is 29.3 Å². The van der Waals surface area contributed by atoms with Gasteiger partial charge in [0.1, 0.15) is 0 Å². The number of nitrogens with one attached hydrogen (secondary N) is 1. The maximum absolute atomic E-state index is 12.8. The van der Waals surface area contributed by atoms with Crippen molar-refractivity contribution in [1.29, 1.82) is 0 Å². The van der Waals surface area contributed by atoms with E-state index in [9.17, 15) is 13.2 Å². The van der Waals surface area contributed by atoms with E-state index in [-0.39, 0.29) is 11.6 Å². The number of thioether (sulfide) groups is 1. The highest BCUT2D eigenvalue weighted by Crippen LogP contribution is 2.33. The molecule has 0 aliphatic carbocycles. The van der Waals surface area contributed by atoms with Crippen molar-refractivity contribution in [2.75, 3.05) is 11.1 Å². The molecule has 1 heterocycles. The quantitative estimate of drug-likeness (QED) is 0.833. The predicted octanol–water partition coefficient (Wildman–Crippen LogP) is 4.31. The molecule has 0 saturated carbocycles. The van der Waals surface area contributed by atoms with E-state index in [1.807, 2.05) is 6.92 Å². The van der Waals surface area contributed by atoms with Crippen LogP contribution >= 0.6 is 11.8 Å². The van der Waals surface area contributed by atoms with Gasteiger partial charge in [0.25, 0.3) is 0 Å². The number of aryl methyl sites for hydroxylation is 1. The second kappa shape index (κ2) is 5.45. The van der Waals surface area contributed by atoms with Gasteiger partial charge in [0.2, 0.25) is 0 Å². The highest BCUT2D eigenvalue weighted by atomic mass is 32.2. The molecule has 1 aliphatic rings. The molecule has 1 N–H and O–H groups in total. The van der Waals surface area contributed by atoms with Gasteiger partial charge in [-0.15, -0.1) is 0 Å². The molecule has 0 amide bonds. The summed E-state index contributed by atoms with van der Waals surface area (Å²) < 4.78 is 38.4. The lowest BCUT2D eigenvalue weighted by atomic mass is 10.1. The number of alkyl halides is 3. The van der Waals surface area contributed by atoms with E-state index in [0.29, 0.717) is 10.9 Å². The minimum Gasteiger partial charge on any atom is -0.335 e. The van der Waals surface area contributed by atoms with Crippen LogP contribution in [0.15, 0.2) is 23.2 Å². The summed E-state index contributed by atoms with van der Waals surface area (Å²) in [6.07, 6.45) is -3.33. The monoisotopic (exact) mass is 288 g/mol. The molecule has 2 rings (SSSR count). The minimum atomic E-state index is -4.32. The Morgan fingerprint density at radius 2 is 2.11 bits per heavy atom. The van der Waals surface area contributed by atoms with E-state index in [0.717, 1.165) is 18.2 Å². The number of hydrogen-bond donors (Lipinski definition) is 1. The van der Waals surface area contributed by atoms with Gasteiger partial charge in [-0.2, -0.15) is 13.2 Å². The number of nitrogens with zero attached hydrogens (tertiary/aromatic N) is 1. The van der Waals surface area contributed by atoms with Crippen molar-refractivity contribution in [3.8, 4) is 0 Å². The molecule has 1 aromatic carbocycles. The number of halogens is 3. The van der Waals surface area contributed by atoms with E-state index in [1.165, 1.54) is 24.8 Å². The molecule has 0 spiro atoms. The number of aliphatic imine (C=N–C) groups is 1. The third-order valence-corrected chi connectivity index (χ3v) is 3.83. The van der Waals surface area contributed by atoms with E-state index in [1.54, 1.807) is 6.07 Å². The lowest BCUT2D eigenvalue weighted by molar-refractivity contribution is -0.138. The highest BCUT2D eigenvalue weighted by molar-refractivity contribution is 8.14. The predicted molar refractivity (Wildman–Crippen MR) is 73.8 cm³/mol. The number of amidine groups is 1. The Hall–Kier alpha value is -1.17. The Labute approximate surface area is 114 Å². The Balaban J connectivity index is 2.22. The molecule has 0 fully saturated rings. The molecule has 1 atom stereocenters. The van der Waals surface area contributed by atoms with Crippen molar-refractivity contribution in [2.24, 2.45) is 4.99 Å². The fourth-order valence-electron chi connectivity index (χ4n) is 1.83. The number of rotatable bonds is 1. The minimum absolute atomic E-state index is 0.219. The molecule has 1 aliphatic heterocycles. The van der Waals surface area contributed by atoms with Crippen LogP contribution in [0.2, 0.25) is 0 Å². The van der Waals surface area contributed by atoms with Gasteiger partial charge in [0, 0.05) is 11.4 Å². The van der Waals surface area contributed by atoms with Crippen LogP contribution in [0.5, 0.6) is 0 Å². The molecular weight excluding hydrogens is 273 g/mol. The summed E-state index contributed by atoms with van der Waals surface area (Å²) in [7, 11) is 0. The van der Waals surface area contributed by atoms with E-state index >= 15 is 0 Å². The summed E-state index contributed by atoms with van der Waals surface area (Å²) in [6.45, 7) is 3.46. The van der Waals surface area contributed by atoms with Crippen LogP contribution in [-0.4, -0.2) is 17.0 Å². The van der Waals surface area contributed by atoms with Crippen LogP contribution in [0.4, 0.5) is 18.9 Å². The molecule has 19 heavy (non-hydrogen) atoms. The molecule has 2 nitrogen and oxygen atoms in total. The first-order valence-electron chi connectivity index (χ1n) is 6.02. The van der Waals surface area contributed by atoms with Gasteiger partial charge in [-0.05, 0) is 38.0 Å². The van der Waals surface area contributed by atoms with Gasteiger partial charge in [0.05, 0.1) is 11.6 Å². The lowest BCUT2D eigenvalue weighted by Gasteiger charge is -2.18. The first kappa shape index (κ1) is 14.2. The molecule has 0 saturated heterocycles. The third-order valence-electron chi connectivity index (χ3n) is 2.91. The molecule has 0 radical (unpaired) electrons. The number of benzene rings is 1. The van der Waals surface area contributed by atoms with Gasteiger partial charge in [-0.3, -0.25) is 4.99 Å². The molecule has 104 valence electrons. The normalized spacial score (nSPS) is 20.1. The van der Waals surface area contributed by atoms with Gasteiger partial charge >= 0.3 is 6.18 Å². The average molecular weight is 288 g/mol. The van der Waals surface area contributed by atoms with Crippen molar-refractivity contribution < 1.29 is 13.2 Å². The molecule has 1 unspecified atom stereocenters. The maximum Gasteiger partial charge on any atom is 0.416 e. The van der Waals surface area contributed by atoms with Crippen LogP contribution in [0.3, 0.4) is 0 Å². The van der Waals surface area contributed by atoms with E-state index in [4.69, 9.17) is 0 Å². The van der Waals surface area contributed by atoms with Gasteiger partial charge in [-0.1, -0.05) is 17.8 Å². The van der Waals surface area contributed by atoms with Gasteiger partial charge in [0.15, 0.2) is 5.17 Å². The van der Waals surface area contributed by atoms with E-state index in [2.05, 4.69) is 10.3 Å². The summed E-state index contributed by atoms with van der Waals surface area (Å²) in [4.78, 5) is 4.38. The summed E-state index contributed by atoms with van der Waals surface area (Å²) >= 11 is 1.54. The molecular formula is C13H15F3N2S. The second-order valence-corrected chi connectivity index (χ2v) is 5.66. The zero-order valence-electron chi connectivity index (χ0n) is 10.7. The number of hydrogen-bond acceptors (Lipinski definition) is 3. The molecule has 0 aromatic heterocycles. The number of anilines is 1. The van der Waals surface area contributed by atoms with Crippen molar-refractivity contribution in [1.82, 2.24) is 0 Å². The second-order valence-electron chi connectivity index (χ2n) is 4.57. The summed E-state index contributed by atoms with van der Waals surface area (Å²) in [5.41, 5.74) is 0.0508. The van der Waals surface area contributed by atoms with Crippen LogP contribution in [0.25, 0.3) is 0 Å². The van der Waals surface area contributed by atoms with Crippen LogP contribution < -0.4 is 5.32 Å². The fourth-order valence-corrected chi connectivity index (χ4v) is 2.92. The first-order chi connectivity index (χ1) is 8.86. The van der Waals surface area contributed by atoms with Gasteiger partial charge < -0.3 is 5.32 Å². The lowest BCUT2D eigenvalue weighted by Crippen LogP contribution is -2.18. The molecule has 1 aromatic rings. The topological polar surface area (TPSA) is 24.4 Å². The molecule has 6 heteroatoms. The fraction of sp³-hybridized carbons (Fsp3) is 0.462. The maximum atomic E-state index is 12.8. The van der Waals surface area contributed by atoms with Crippen LogP contribution in [-0.2, 0) is 6.18 Å². The zero-order valence-corrected chi connectivity index (χ0v) is 11.5. The third kappa shape index (κ3) is 3.65. The largest absolute Gasteiger partial charge is 0.416 e. The first-order valence-corrected chi connectivity index (χ1v) is 7.00. The summed E-state index contributed by atoms with van der Waals surface area (Å²) in [6, 6.07) is 4.48. The summed E-state index contributed by atoms with van der Waals surface area (Å²) in [5.74, 6) is 0.936. The Morgan fingerprint density at radius 1 is 1.37 bits per heavy atom. The summed E-state index contributed by atoms with van der Waals surface area (Å²) in [5, 5.41) is 3.65. The smallest absolute Gasteiger partial charge is 0.335 e. The highest BCUT2D eigenvalue weighted by Gasteiger charge is 2.32. The Kier molecular flexibility index (Phi) is 4.08. The van der Waals surface area contributed by atoms with Crippen LogP contribution in [0, 0.1) is 6.92 Å². The van der Waals surface area contributed by atoms with E-state index < -0.39 is 11.7 Å². The van der Waals surface area contributed by atoms with Crippen molar-refractivity contribution in [2.45, 2.75) is 32.5 Å². The van der Waals surface area contributed by atoms with Crippen molar-refractivity contribution in [3.63, 3.8) is 0 Å². The average Bonchev–Trinajstić information content (AvgIpc) is 2.30. The SMILES string of the molecule is Cc1ccc(NC2=NC(C)CCS2)cc1C(F)(F)F. The van der Waals surface area contributed by atoms with Crippen molar-refractivity contribution >= 4 is 22.6 Å². The zero-order chi connectivity index (χ0) is 14.0.